The summed E-state index contributed by atoms with van der Waals surface area (Å²) in [6.45, 7) is 3.77. The van der Waals surface area contributed by atoms with Gasteiger partial charge >= 0.3 is 0 Å². The molecule has 0 bridgehead atoms. The van der Waals surface area contributed by atoms with Crippen LogP contribution in [-0.2, 0) is 19.1 Å². The Labute approximate surface area is 232 Å². The molecule has 9 heteroatoms. The molecule has 2 saturated heterocycles. The lowest BCUT2D eigenvalue weighted by Gasteiger charge is -2.39. The SMILES string of the molecule is C[C@H](CO)N1C(=O)[C@@H]2[C@H]3C(=O)N(c4ccccc4)CC=C[C@@]3(C)O[C@@]23C=CCN(c2ccc(Cl)cc2)C(=O)C13. The van der Waals surface area contributed by atoms with Crippen molar-refractivity contribution in [2.75, 3.05) is 29.5 Å². The Bertz CT molecular complexity index is 1380. The van der Waals surface area contributed by atoms with Gasteiger partial charge in [-0.2, -0.15) is 0 Å². The van der Waals surface area contributed by atoms with Gasteiger partial charge in [0.05, 0.1) is 30.1 Å². The van der Waals surface area contributed by atoms with Gasteiger partial charge in [0, 0.05) is 29.5 Å². The second-order valence-corrected chi connectivity index (χ2v) is 11.2. The molecule has 2 fully saturated rings. The van der Waals surface area contributed by atoms with Crippen LogP contribution in [0.2, 0.25) is 5.02 Å². The third kappa shape index (κ3) is 3.77. The number of anilines is 2. The zero-order valence-electron chi connectivity index (χ0n) is 21.7. The van der Waals surface area contributed by atoms with E-state index in [9.17, 15) is 19.5 Å². The van der Waals surface area contributed by atoms with Crippen molar-refractivity contribution in [3.05, 3.63) is 83.9 Å². The average Bonchev–Trinajstić information content (AvgIpc) is 3.21. The minimum absolute atomic E-state index is 0.235. The van der Waals surface area contributed by atoms with E-state index in [-0.39, 0.29) is 30.9 Å². The van der Waals surface area contributed by atoms with Crippen LogP contribution < -0.4 is 9.80 Å². The number of amides is 3. The molecule has 8 nitrogen and oxygen atoms in total. The molecule has 39 heavy (non-hydrogen) atoms. The highest BCUT2D eigenvalue weighted by Crippen LogP contribution is 2.58. The molecule has 6 atom stereocenters. The monoisotopic (exact) mass is 547 g/mol. The molecular formula is C30H30ClN3O5. The number of hydrogen-bond acceptors (Lipinski definition) is 5. The molecule has 4 heterocycles. The predicted octanol–water partition coefficient (Wildman–Crippen LogP) is 3.20. The Balaban J connectivity index is 1.49. The van der Waals surface area contributed by atoms with Gasteiger partial charge in [0.15, 0.2) is 0 Å². The zero-order valence-corrected chi connectivity index (χ0v) is 22.5. The quantitative estimate of drug-likeness (QED) is 0.594. The van der Waals surface area contributed by atoms with Gasteiger partial charge in [-0.15, -0.1) is 0 Å². The molecule has 0 saturated carbocycles. The number of benzene rings is 2. The van der Waals surface area contributed by atoms with E-state index in [0.717, 1.165) is 5.69 Å². The summed E-state index contributed by atoms with van der Waals surface area (Å²) in [6, 6.07) is 14.5. The van der Waals surface area contributed by atoms with Crippen LogP contribution in [-0.4, -0.2) is 70.7 Å². The molecule has 3 amide bonds. The van der Waals surface area contributed by atoms with Gasteiger partial charge in [-0.25, -0.2) is 0 Å². The normalized spacial score (nSPS) is 32.6. The molecule has 4 aliphatic rings. The molecule has 1 spiro atoms. The van der Waals surface area contributed by atoms with E-state index >= 15 is 0 Å². The molecule has 0 aromatic heterocycles. The molecule has 0 radical (unpaired) electrons. The summed E-state index contributed by atoms with van der Waals surface area (Å²) in [7, 11) is 0. The number of ether oxygens (including phenoxy) is 1. The van der Waals surface area contributed by atoms with Crippen LogP contribution in [0.4, 0.5) is 11.4 Å². The number of aliphatic hydroxyl groups excluding tert-OH is 1. The molecule has 2 aromatic carbocycles. The van der Waals surface area contributed by atoms with Gasteiger partial charge in [0.2, 0.25) is 11.8 Å². The third-order valence-corrected chi connectivity index (χ3v) is 8.69. The number of aliphatic hydroxyl groups is 1. The lowest BCUT2D eigenvalue weighted by atomic mass is 9.74. The maximum absolute atomic E-state index is 14.4. The van der Waals surface area contributed by atoms with Crippen LogP contribution in [0, 0.1) is 11.8 Å². The Morgan fingerprint density at radius 3 is 2.18 bits per heavy atom. The van der Waals surface area contributed by atoms with Crippen molar-refractivity contribution in [2.24, 2.45) is 11.8 Å². The highest BCUT2D eigenvalue weighted by molar-refractivity contribution is 6.30. The summed E-state index contributed by atoms with van der Waals surface area (Å²) in [5.74, 6) is -2.77. The molecule has 0 aliphatic carbocycles. The molecule has 6 rings (SSSR count). The van der Waals surface area contributed by atoms with Gasteiger partial charge in [-0.3, -0.25) is 14.4 Å². The number of carbonyl (C=O) groups excluding carboxylic acids is 3. The topological polar surface area (TPSA) is 90.4 Å². The fourth-order valence-electron chi connectivity index (χ4n) is 6.72. The van der Waals surface area contributed by atoms with Crippen LogP contribution >= 0.6 is 11.6 Å². The Morgan fingerprint density at radius 1 is 0.897 bits per heavy atom. The van der Waals surface area contributed by atoms with Gasteiger partial charge in [0.1, 0.15) is 11.6 Å². The Morgan fingerprint density at radius 2 is 1.51 bits per heavy atom. The number of carbonyl (C=O) groups is 3. The van der Waals surface area contributed by atoms with Crippen LogP contribution in [0.25, 0.3) is 0 Å². The first-order chi connectivity index (χ1) is 18.7. The molecule has 2 aromatic rings. The maximum atomic E-state index is 14.4. The van der Waals surface area contributed by atoms with E-state index in [0.29, 0.717) is 17.3 Å². The fourth-order valence-corrected chi connectivity index (χ4v) is 6.84. The van der Waals surface area contributed by atoms with Crippen LogP contribution in [0.1, 0.15) is 13.8 Å². The van der Waals surface area contributed by atoms with Crippen molar-refractivity contribution >= 4 is 40.7 Å². The number of nitrogens with zero attached hydrogens (tertiary/aromatic N) is 3. The van der Waals surface area contributed by atoms with Gasteiger partial charge in [-0.1, -0.05) is 54.1 Å². The smallest absolute Gasteiger partial charge is 0.253 e. The second-order valence-electron chi connectivity index (χ2n) is 10.8. The number of fused-ring (bicyclic) bond motifs is 2. The number of para-hydroxylation sites is 1. The Hall–Kier alpha value is -3.46. The summed E-state index contributed by atoms with van der Waals surface area (Å²) in [5, 5.41) is 10.7. The minimum atomic E-state index is -1.39. The van der Waals surface area contributed by atoms with Crippen molar-refractivity contribution in [3.8, 4) is 0 Å². The summed E-state index contributed by atoms with van der Waals surface area (Å²) in [6.07, 6.45) is 7.37. The highest BCUT2D eigenvalue weighted by atomic mass is 35.5. The summed E-state index contributed by atoms with van der Waals surface area (Å²) < 4.78 is 6.82. The number of rotatable bonds is 4. The lowest BCUT2D eigenvalue weighted by Crippen LogP contribution is -2.58. The zero-order chi connectivity index (χ0) is 27.5. The fraction of sp³-hybridized carbons (Fsp3) is 0.367. The van der Waals surface area contributed by atoms with Crippen LogP contribution in [0.5, 0.6) is 0 Å². The van der Waals surface area contributed by atoms with E-state index in [1.165, 1.54) is 4.90 Å². The minimum Gasteiger partial charge on any atom is -0.394 e. The van der Waals surface area contributed by atoms with E-state index in [1.54, 1.807) is 47.1 Å². The van der Waals surface area contributed by atoms with E-state index in [4.69, 9.17) is 16.3 Å². The first-order valence-corrected chi connectivity index (χ1v) is 13.5. The first kappa shape index (κ1) is 25.8. The van der Waals surface area contributed by atoms with Crippen molar-refractivity contribution in [1.29, 1.82) is 0 Å². The Kier molecular flexibility index (Phi) is 6.17. The molecular weight excluding hydrogens is 518 g/mol. The number of likely N-dealkylation sites (tertiary alicyclic amines) is 1. The lowest BCUT2D eigenvalue weighted by molar-refractivity contribution is -0.147. The number of halogens is 1. The third-order valence-electron chi connectivity index (χ3n) is 8.44. The van der Waals surface area contributed by atoms with Crippen molar-refractivity contribution in [1.82, 2.24) is 4.90 Å². The van der Waals surface area contributed by atoms with E-state index in [1.807, 2.05) is 55.5 Å². The van der Waals surface area contributed by atoms with Crippen LogP contribution in [0.3, 0.4) is 0 Å². The molecule has 1 N–H and O–H groups in total. The van der Waals surface area contributed by atoms with Crippen molar-refractivity contribution < 1.29 is 24.2 Å². The molecule has 4 aliphatic heterocycles. The first-order valence-electron chi connectivity index (χ1n) is 13.1. The van der Waals surface area contributed by atoms with E-state index < -0.39 is 35.1 Å². The standard InChI is InChI=1S/C30H30ClN3O5/c1-19(18-35)34-25-28(38)33(22-12-10-20(31)11-13-22)17-7-15-30(25)24(27(34)37)23-26(36)32(21-8-4-3-5-9-21)16-6-14-29(23,2)39-30/h3-15,19,23-25,35H,16-18H2,1-2H3/t19-,23+,24+,25?,29-,30+/m1/s1. The van der Waals surface area contributed by atoms with Gasteiger partial charge in [-0.05, 0) is 50.2 Å². The average molecular weight is 548 g/mol. The van der Waals surface area contributed by atoms with Crippen molar-refractivity contribution in [2.45, 2.75) is 37.1 Å². The van der Waals surface area contributed by atoms with E-state index in [2.05, 4.69) is 0 Å². The highest BCUT2D eigenvalue weighted by Gasteiger charge is 2.75. The largest absolute Gasteiger partial charge is 0.394 e. The van der Waals surface area contributed by atoms with Crippen LogP contribution in [0.15, 0.2) is 78.9 Å². The van der Waals surface area contributed by atoms with Gasteiger partial charge < -0.3 is 24.5 Å². The summed E-state index contributed by atoms with van der Waals surface area (Å²) >= 11 is 6.09. The van der Waals surface area contributed by atoms with Gasteiger partial charge in [0.25, 0.3) is 5.91 Å². The molecule has 202 valence electrons. The summed E-state index contributed by atoms with van der Waals surface area (Å²) in [5.41, 5.74) is -1.16. The molecule has 1 unspecified atom stereocenters. The predicted molar refractivity (Wildman–Crippen MR) is 147 cm³/mol. The number of hydrogen-bond donors (Lipinski definition) is 1. The maximum Gasteiger partial charge on any atom is 0.253 e. The summed E-state index contributed by atoms with van der Waals surface area (Å²) in [4.78, 5) is 47.6. The second kappa shape index (κ2) is 9.33. The van der Waals surface area contributed by atoms with Crippen molar-refractivity contribution in [3.63, 3.8) is 0 Å².